The summed E-state index contributed by atoms with van der Waals surface area (Å²) >= 11 is 0. The van der Waals surface area contributed by atoms with Gasteiger partial charge in [0.1, 0.15) is 6.61 Å². The van der Waals surface area contributed by atoms with Gasteiger partial charge in [-0.1, -0.05) is 19.3 Å². The van der Waals surface area contributed by atoms with E-state index in [2.05, 4.69) is 4.74 Å². The number of aliphatic hydroxyl groups is 1. The van der Waals surface area contributed by atoms with Gasteiger partial charge in [0.25, 0.3) is 0 Å². The highest BCUT2D eigenvalue weighted by atomic mass is 19.4. The lowest BCUT2D eigenvalue weighted by Crippen LogP contribution is -2.35. The molecular weight excluding hydrogens is 209 g/mol. The predicted molar refractivity (Wildman–Crippen MR) is 49.5 cm³/mol. The number of ether oxygens (including phenoxy) is 1. The molecule has 1 saturated carbocycles. The second-order valence-electron chi connectivity index (χ2n) is 4.33. The van der Waals surface area contributed by atoms with E-state index in [-0.39, 0.29) is 13.2 Å². The van der Waals surface area contributed by atoms with E-state index in [4.69, 9.17) is 0 Å². The van der Waals surface area contributed by atoms with Gasteiger partial charge in [0, 0.05) is 5.41 Å². The van der Waals surface area contributed by atoms with Crippen molar-refractivity contribution < 1.29 is 23.0 Å². The lowest BCUT2D eigenvalue weighted by molar-refractivity contribution is -0.184. The molecule has 0 amide bonds. The molecule has 1 aliphatic rings. The van der Waals surface area contributed by atoms with Crippen LogP contribution in [-0.2, 0) is 4.74 Å². The fraction of sp³-hybridized carbons (Fsp3) is 1.00. The normalized spacial score (nSPS) is 21.6. The first-order valence-electron chi connectivity index (χ1n) is 5.23. The molecule has 0 aromatic heterocycles. The summed E-state index contributed by atoms with van der Waals surface area (Å²) in [7, 11) is 0. The van der Waals surface area contributed by atoms with Crippen LogP contribution in [-0.4, -0.2) is 31.1 Å². The Bertz CT molecular complexity index is 186. The van der Waals surface area contributed by atoms with Crippen LogP contribution in [0.4, 0.5) is 13.2 Å². The summed E-state index contributed by atoms with van der Waals surface area (Å²) in [5.41, 5.74) is -0.427. The summed E-state index contributed by atoms with van der Waals surface area (Å²) in [6, 6.07) is 0. The highest BCUT2D eigenvalue weighted by Crippen LogP contribution is 2.36. The number of aliphatic hydroxyl groups excluding tert-OH is 1. The van der Waals surface area contributed by atoms with Crippen molar-refractivity contribution in [1.82, 2.24) is 0 Å². The van der Waals surface area contributed by atoms with Crippen LogP contribution >= 0.6 is 0 Å². The van der Waals surface area contributed by atoms with Crippen LogP contribution in [0.25, 0.3) is 0 Å². The molecule has 0 aliphatic heterocycles. The number of alkyl halides is 3. The summed E-state index contributed by atoms with van der Waals surface area (Å²) in [6.07, 6.45) is 0.293. The van der Waals surface area contributed by atoms with Gasteiger partial charge >= 0.3 is 6.18 Å². The second-order valence-corrected chi connectivity index (χ2v) is 4.33. The Morgan fingerprint density at radius 2 is 1.73 bits per heavy atom. The van der Waals surface area contributed by atoms with Gasteiger partial charge in [-0.25, -0.2) is 0 Å². The van der Waals surface area contributed by atoms with E-state index in [1.807, 2.05) is 0 Å². The summed E-state index contributed by atoms with van der Waals surface area (Å²) in [6.45, 7) is -1.28. The van der Waals surface area contributed by atoms with Crippen LogP contribution in [0.5, 0.6) is 0 Å². The van der Waals surface area contributed by atoms with Crippen molar-refractivity contribution in [3.63, 3.8) is 0 Å². The Morgan fingerprint density at radius 1 is 1.13 bits per heavy atom. The molecule has 2 nitrogen and oxygen atoms in total. The van der Waals surface area contributed by atoms with Gasteiger partial charge in [-0.05, 0) is 12.8 Å². The second kappa shape index (κ2) is 5.16. The zero-order valence-corrected chi connectivity index (χ0v) is 8.65. The standard InChI is InChI=1S/C10H17F3O2/c11-10(12,13)8-15-7-9(6-14)4-2-1-3-5-9/h14H,1-8H2. The van der Waals surface area contributed by atoms with Crippen molar-refractivity contribution in [3.8, 4) is 0 Å². The maximum Gasteiger partial charge on any atom is 0.411 e. The van der Waals surface area contributed by atoms with Gasteiger partial charge < -0.3 is 9.84 Å². The predicted octanol–water partition coefficient (Wildman–Crippen LogP) is 2.51. The number of halogens is 3. The summed E-state index contributed by atoms with van der Waals surface area (Å²) in [5, 5.41) is 9.21. The number of hydrogen-bond acceptors (Lipinski definition) is 2. The minimum Gasteiger partial charge on any atom is -0.396 e. The van der Waals surface area contributed by atoms with Crippen molar-refractivity contribution in [2.24, 2.45) is 5.41 Å². The van der Waals surface area contributed by atoms with Crippen molar-refractivity contribution in [2.75, 3.05) is 19.8 Å². The van der Waals surface area contributed by atoms with Gasteiger partial charge in [-0.2, -0.15) is 13.2 Å². The molecule has 0 saturated heterocycles. The average Bonchev–Trinajstić information content (AvgIpc) is 2.17. The molecule has 1 aliphatic carbocycles. The van der Waals surface area contributed by atoms with Crippen molar-refractivity contribution in [2.45, 2.75) is 38.3 Å². The maximum absolute atomic E-state index is 11.9. The first-order chi connectivity index (χ1) is 6.97. The minimum atomic E-state index is -4.27. The van der Waals surface area contributed by atoms with E-state index in [9.17, 15) is 18.3 Å². The van der Waals surface area contributed by atoms with Crippen molar-refractivity contribution in [3.05, 3.63) is 0 Å². The van der Waals surface area contributed by atoms with E-state index in [1.54, 1.807) is 0 Å². The van der Waals surface area contributed by atoms with Crippen LogP contribution in [0.2, 0.25) is 0 Å². The van der Waals surface area contributed by atoms with Gasteiger partial charge in [-0.15, -0.1) is 0 Å². The molecule has 0 heterocycles. The molecule has 15 heavy (non-hydrogen) atoms. The third kappa shape index (κ3) is 4.38. The first kappa shape index (κ1) is 12.8. The highest BCUT2D eigenvalue weighted by Gasteiger charge is 2.34. The van der Waals surface area contributed by atoms with Crippen LogP contribution in [0, 0.1) is 5.41 Å². The van der Waals surface area contributed by atoms with E-state index in [0.29, 0.717) is 0 Å². The van der Waals surface area contributed by atoms with Gasteiger partial charge in [-0.3, -0.25) is 0 Å². The zero-order valence-electron chi connectivity index (χ0n) is 8.65. The van der Waals surface area contributed by atoms with E-state index < -0.39 is 18.2 Å². The van der Waals surface area contributed by atoms with Crippen molar-refractivity contribution >= 4 is 0 Å². The van der Waals surface area contributed by atoms with Crippen LogP contribution in [0.15, 0.2) is 0 Å². The van der Waals surface area contributed by atoms with Crippen LogP contribution in [0.1, 0.15) is 32.1 Å². The molecule has 90 valence electrons. The topological polar surface area (TPSA) is 29.5 Å². The smallest absolute Gasteiger partial charge is 0.396 e. The average molecular weight is 226 g/mol. The molecule has 0 unspecified atom stereocenters. The molecule has 0 atom stereocenters. The SMILES string of the molecule is OCC1(COCC(F)(F)F)CCCCC1. The van der Waals surface area contributed by atoms with E-state index in [0.717, 1.165) is 32.1 Å². The van der Waals surface area contributed by atoms with Gasteiger partial charge in [0.05, 0.1) is 13.2 Å². The molecule has 0 aromatic carbocycles. The number of hydrogen-bond donors (Lipinski definition) is 1. The fourth-order valence-electron chi connectivity index (χ4n) is 2.03. The van der Waals surface area contributed by atoms with Crippen LogP contribution in [0.3, 0.4) is 0 Å². The first-order valence-corrected chi connectivity index (χ1v) is 5.23. The highest BCUT2D eigenvalue weighted by molar-refractivity contribution is 4.82. The monoisotopic (exact) mass is 226 g/mol. The fourth-order valence-corrected chi connectivity index (χ4v) is 2.03. The molecule has 0 bridgehead atoms. The minimum absolute atomic E-state index is 0.0169. The third-order valence-electron chi connectivity index (χ3n) is 2.92. The summed E-state index contributed by atoms with van der Waals surface area (Å²) in [5.74, 6) is 0. The molecule has 1 N–H and O–H groups in total. The Morgan fingerprint density at radius 3 is 2.20 bits per heavy atom. The quantitative estimate of drug-likeness (QED) is 0.798. The van der Waals surface area contributed by atoms with Crippen LogP contribution < -0.4 is 0 Å². The molecule has 5 heteroatoms. The molecule has 0 spiro atoms. The van der Waals surface area contributed by atoms with Crippen molar-refractivity contribution in [1.29, 1.82) is 0 Å². The molecule has 1 rings (SSSR count). The Balaban J connectivity index is 2.33. The summed E-state index contributed by atoms with van der Waals surface area (Å²) < 4.78 is 40.2. The maximum atomic E-state index is 11.9. The zero-order chi connectivity index (χ0) is 11.4. The van der Waals surface area contributed by atoms with Gasteiger partial charge in [0.2, 0.25) is 0 Å². The Kier molecular flexibility index (Phi) is 4.40. The Hall–Kier alpha value is -0.290. The molecule has 0 aromatic rings. The summed E-state index contributed by atoms with van der Waals surface area (Å²) in [4.78, 5) is 0. The molecule has 1 fully saturated rings. The van der Waals surface area contributed by atoms with E-state index >= 15 is 0 Å². The van der Waals surface area contributed by atoms with E-state index in [1.165, 1.54) is 0 Å². The Labute approximate surface area is 87.4 Å². The van der Waals surface area contributed by atoms with Gasteiger partial charge in [0.15, 0.2) is 0 Å². The largest absolute Gasteiger partial charge is 0.411 e. The number of rotatable bonds is 4. The lowest BCUT2D eigenvalue weighted by atomic mass is 9.75. The lowest BCUT2D eigenvalue weighted by Gasteiger charge is -2.35. The third-order valence-corrected chi connectivity index (χ3v) is 2.92. The molecular formula is C10H17F3O2. The molecule has 0 radical (unpaired) electrons.